The normalized spacial score (nSPS) is 25.2. The smallest absolute Gasteiger partial charge is 0.326 e. The van der Waals surface area contributed by atoms with Crippen molar-refractivity contribution in [3.63, 3.8) is 0 Å². The van der Waals surface area contributed by atoms with Gasteiger partial charge in [0.15, 0.2) is 6.10 Å². The van der Waals surface area contributed by atoms with Crippen LogP contribution in [-0.4, -0.2) is 47.3 Å². The highest BCUT2D eigenvalue weighted by atomic mass is 16.5. The molecule has 1 aliphatic heterocycles. The lowest BCUT2D eigenvalue weighted by atomic mass is 9.78. The van der Waals surface area contributed by atoms with E-state index in [-0.39, 0.29) is 23.1 Å². The van der Waals surface area contributed by atoms with Gasteiger partial charge in [0, 0.05) is 6.04 Å². The van der Waals surface area contributed by atoms with Crippen LogP contribution in [0.3, 0.4) is 0 Å². The standard InChI is InChI=1S/C21H26N2O5/c1-12-7-6-10-17(13(12)2)22-19(25)14(3)28-18(24)11-23-20(26)15-8-4-5-9-16(15)21(23)27/h4-5,8-9,12-14,17H,6-7,10-11H2,1-3H3,(H,22,25)/t12-,13-,14-,17-/m1/s1. The summed E-state index contributed by atoms with van der Waals surface area (Å²) in [5.41, 5.74) is 0.540. The van der Waals surface area contributed by atoms with Gasteiger partial charge >= 0.3 is 5.97 Å². The number of ether oxygens (including phenoxy) is 1. The Morgan fingerprint density at radius 1 is 1.14 bits per heavy atom. The maximum Gasteiger partial charge on any atom is 0.326 e. The predicted molar refractivity (Wildman–Crippen MR) is 101 cm³/mol. The van der Waals surface area contributed by atoms with Crippen molar-refractivity contribution in [2.45, 2.75) is 52.2 Å². The average molecular weight is 386 g/mol. The highest BCUT2D eigenvalue weighted by Gasteiger charge is 2.37. The summed E-state index contributed by atoms with van der Waals surface area (Å²) in [5.74, 6) is -1.31. The topological polar surface area (TPSA) is 92.8 Å². The zero-order valence-corrected chi connectivity index (χ0v) is 16.4. The number of imide groups is 1. The Morgan fingerprint density at radius 2 is 1.75 bits per heavy atom. The van der Waals surface area contributed by atoms with Crippen molar-refractivity contribution < 1.29 is 23.9 Å². The Morgan fingerprint density at radius 3 is 2.36 bits per heavy atom. The molecule has 1 aromatic carbocycles. The van der Waals surface area contributed by atoms with Crippen LogP contribution in [0.2, 0.25) is 0 Å². The summed E-state index contributed by atoms with van der Waals surface area (Å²) in [6, 6.07) is 6.47. The van der Waals surface area contributed by atoms with E-state index in [2.05, 4.69) is 19.2 Å². The van der Waals surface area contributed by atoms with E-state index in [1.54, 1.807) is 24.3 Å². The Hall–Kier alpha value is -2.70. The quantitative estimate of drug-likeness (QED) is 0.618. The molecule has 150 valence electrons. The summed E-state index contributed by atoms with van der Waals surface area (Å²) in [6.45, 7) is 5.27. The van der Waals surface area contributed by atoms with Crippen LogP contribution in [0.4, 0.5) is 0 Å². The second-order valence-corrected chi connectivity index (χ2v) is 7.76. The molecular weight excluding hydrogens is 360 g/mol. The van der Waals surface area contributed by atoms with Gasteiger partial charge in [0.1, 0.15) is 6.54 Å². The van der Waals surface area contributed by atoms with Gasteiger partial charge in [-0.2, -0.15) is 0 Å². The molecule has 1 saturated carbocycles. The summed E-state index contributed by atoms with van der Waals surface area (Å²) < 4.78 is 5.18. The first-order chi connectivity index (χ1) is 13.3. The zero-order valence-electron chi connectivity index (χ0n) is 16.4. The molecule has 0 bridgehead atoms. The largest absolute Gasteiger partial charge is 0.451 e. The van der Waals surface area contributed by atoms with Gasteiger partial charge in [-0.15, -0.1) is 0 Å². The molecule has 28 heavy (non-hydrogen) atoms. The number of carbonyl (C=O) groups excluding carboxylic acids is 4. The predicted octanol–water partition coefficient (Wildman–Crippen LogP) is 2.16. The molecule has 4 atom stereocenters. The number of carbonyl (C=O) groups is 4. The number of nitrogens with zero attached hydrogens (tertiary/aromatic N) is 1. The fourth-order valence-corrected chi connectivity index (χ4v) is 3.89. The Kier molecular flexibility index (Phi) is 5.82. The third-order valence-electron chi connectivity index (χ3n) is 5.88. The molecule has 1 N–H and O–H groups in total. The molecule has 2 aliphatic rings. The third-order valence-corrected chi connectivity index (χ3v) is 5.88. The van der Waals surface area contributed by atoms with E-state index in [9.17, 15) is 19.2 Å². The van der Waals surface area contributed by atoms with Gasteiger partial charge in [-0.1, -0.05) is 38.8 Å². The van der Waals surface area contributed by atoms with Crippen molar-refractivity contribution in [1.29, 1.82) is 0 Å². The van der Waals surface area contributed by atoms with E-state index >= 15 is 0 Å². The van der Waals surface area contributed by atoms with E-state index in [1.165, 1.54) is 6.92 Å². The molecule has 3 amide bonds. The number of rotatable bonds is 5. The monoisotopic (exact) mass is 386 g/mol. The number of fused-ring (bicyclic) bond motifs is 1. The molecule has 7 heteroatoms. The fourth-order valence-electron chi connectivity index (χ4n) is 3.89. The number of hydrogen-bond donors (Lipinski definition) is 1. The minimum absolute atomic E-state index is 0.0636. The van der Waals surface area contributed by atoms with E-state index in [1.807, 2.05) is 0 Å². The highest BCUT2D eigenvalue weighted by Crippen LogP contribution is 2.29. The van der Waals surface area contributed by atoms with Crippen LogP contribution in [0.5, 0.6) is 0 Å². The van der Waals surface area contributed by atoms with E-state index < -0.39 is 30.4 Å². The molecule has 0 unspecified atom stereocenters. The first-order valence-electron chi connectivity index (χ1n) is 9.74. The first kappa shape index (κ1) is 20.0. The number of hydrogen-bond acceptors (Lipinski definition) is 5. The van der Waals surface area contributed by atoms with Crippen molar-refractivity contribution in [3.05, 3.63) is 35.4 Å². The second kappa shape index (κ2) is 8.12. The summed E-state index contributed by atoms with van der Waals surface area (Å²) in [6.07, 6.45) is 2.13. The lowest BCUT2D eigenvalue weighted by Gasteiger charge is -2.35. The van der Waals surface area contributed by atoms with Gasteiger partial charge in [-0.25, -0.2) is 0 Å². The van der Waals surface area contributed by atoms with Crippen molar-refractivity contribution >= 4 is 23.7 Å². The van der Waals surface area contributed by atoms with Gasteiger partial charge in [0.05, 0.1) is 11.1 Å². The fraction of sp³-hybridized carbons (Fsp3) is 0.524. The summed E-state index contributed by atoms with van der Waals surface area (Å²) in [5, 5.41) is 2.97. The molecule has 7 nitrogen and oxygen atoms in total. The van der Waals surface area contributed by atoms with Crippen molar-refractivity contribution in [1.82, 2.24) is 10.2 Å². The second-order valence-electron chi connectivity index (χ2n) is 7.76. The number of nitrogens with one attached hydrogen (secondary N) is 1. The summed E-state index contributed by atoms with van der Waals surface area (Å²) in [7, 11) is 0. The molecule has 1 heterocycles. The van der Waals surface area contributed by atoms with Crippen LogP contribution < -0.4 is 5.32 Å². The Labute approximate surface area is 164 Å². The summed E-state index contributed by atoms with van der Waals surface area (Å²) in [4.78, 5) is 50.1. The van der Waals surface area contributed by atoms with Crippen LogP contribution in [0.1, 0.15) is 60.7 Å². The van der Waals surface area contributed by atoms with Crippen LogP contribution in [0, 0.1) is 11.8 Å². The molecule has 0 spiro atoms. The molecule has 0 saturated heterocycles. The van der Waals surface area contributed by atoms with Crippen LogP contribution in [-0.2, 0) is 14.3 Å². The Bertz CT molecular complexity index is 771. The van der Waals surface area contributed by atoms with Crippen LogP contribution in [0.15, 0.2) is 24.3 Å². The molecule has 1 fully saturated rings. The van der Waals surface area contributed by atoms with Gasteiger partial charge in [-0.3, -0.25) is 24.1 Å². The minimum Gasteiger partial charge on any atom is -0.451 e. The maximum absolute atomic E-state index is 12.4. The highest BCUT2D eigenvalue weighted by molar-refractivity contribution is 6.22. The van der Waals surface area contributed by atoms with Crippen molar-refractivity contribution in [3.8, 4) is 0 Å². The first-order valence-corrected chi connectivity index (χ1v) is 9.74. The molecule has 1 aliphatic carbocycles. The Balaban J connectivity index is 1.54. The van der Waals surface area contributed by atoms with Gasteiger partial charge in [0.2, 0.25) is 0 Å². The van der Waals surface area contributed by atoms with E-state index in [0.29, 0.717) is 11.8 Å². The van der Waals surface area contributed by atoms with Crippen molar-refractivity contribution in [2.75, 3.05) is 6.54 Å². The van der Waals surface area contributed by atoms with Crippen LogP contribution in [0.25, 0.3) is 0 Å². The van der Waals surface area contributed by atoms with Gasteiger partial charge in [0.25, 0.3) is 17.7 Å². The van der Waals surface area contributed by atoms with E-state index in [4.69, 9.17) is 4.74 Å². The number of benzene rings is 1. The summed E-state index contributed by atoms with van der Waals surface area (Å²) >= 11 is 0. The number of amides is 3. The molecule has 1 aromatic rings. The molecular formula is C21H26N2O5. The van der Waals surface area contributed by atoms with Gasteiger partial charge in [-0.05, 0) is 37.3 Å². The third kappa shape index (κ3) is 3.93. The molecule has 3 rings (SSSR count). The maximum atomic E-state index is 12.4. The SMILES string of the molecule is C[C@@H]1[C@H](C)CCC[C@H]1NC(=O)[C@@H](C)OC(=O)CN1C(=O)c2ccccc2C1=O. The lowest BCUT2D eigenvalue weighted by Crippen LogP contribution is -2.48. The molecule has 0 radical (unpaired) electrons. The van der Waals surface area contributed by atoms with E-state index in [0.717, 1.165) is 24.2 Å². The number of esters is 1. The van der Waals surface area contributed by atoms with Gasteiger partial charge < -0.3 is 10.1 Å². The molecule has 0 aromatic heterocycles. The zero-order chi connectivity index (χ0) is 20.4. The van der Waals surface area contributed by atoms with Crippen molar-refractivity contribution in [2.24, 2.45) is 11.8 Å². The average Bonchev–Trinajstić information content (AvgIpc) is 2.90. The minimum atomic E-state index is -0.993. The van der Waals surface area contributed by atoms with Crippen LogP contribution >= 0.6 is 0 Å². The lowest BCUT2D eigenvalue weighted by molar-refractivity contribution is -0.155.